The summed E-state index contributed by atoms with van der Waals surface area (Å²) in [6, 6.07) is 4.84. The van der Waals surface area contributed by atoms with Gasteiger partial charge in [-0.25, -0.2) is 22.0 Å². The molecule has 5 nitrogen and oxygen atoms in total. The molecule has 0 unspecified atom stereocenters. The van der Waals surface area contributed by atoms with E-state index in [0.29, 0.717) is 18.5 Å². The van der Waals surface area contributed by atoms with Crippen LogP contribution in [0.4, 0.5) is 22.0 Å². The number of hydrogen-bond acceptors (Lipinski definition) is 3. The highest BCUT2D eigenvalue weighted by atomic mass is 19.2. The molecule has 0 bridgehead atoms. The molecule has 4 rings (SSSR count). The molecule has 2 heterocycles. The van der Waals surface area contributed by atoms with Crippen molar-refractivity contribution in [1.82, 2.24) is 20.4 Å². The summed E-state index contributed by atoms with van der Waals surface area (Å²) in [5, 5.41) is 9.47. The highest BCUT2D eigenvalue weighted by Crippen LogP contribution is 2.30. The number of aromatic nitrogens is 2. The van der Waals surface area contributed by atoms with Crippen LogP contribution in [-0.2, 0) is 7.05 Å². The first kappa shape index (κ1) is 21.9. The Morgan fingerprint density at radius 2 is 1.84 bits per heavy atom. The van der Waals surface area contributed by atoms with Crippen LogP contribution in [0.1, 0.15) is 28.3 Å². The van der Waals surface area contributed by atoms with Gasteiger partial charge in [-0.15, -0.1) is 0 Å². The second-order valence-corrected chi connectivity index (χ2v) is 7.64. The van der Waals surface area contributed by atoms with Gasteiger partial charge in [-0.1, -0.05) is 6.07 Å². The normalized spacial score (nSPS) is 18.6. The van der Waals surface area contributed by atoms with Crippen molar-refractivity contribution in [2.75, 3.05) is 13.1 Å². The molecule has 1 saturated heterocycles. The van der Waals surface area contributed by atoms with Crippen LogP contribution in [0.25, 0.3) is 11.3 Å². The van der Waals surface area contributed by atoms with E-state index in [-0.39, 0.29) is 12.2 Å². The molecule has 2 N–H and O–H groups in total. The first-order valence-corrected chi connectivity index (χ1v) is 9.90. The lowest BCUT2D eigenvalue weighted by atomic mass is 9.85. The Kier molecular flexibility index (Phi) is 5.96. The predicted octanol–water partition coefficient (Wildman–Crippen LogP) is 3.66. The maximum atomic E-state index is 14.7. The minimum absolute atomic E-state index is 0.0182. The Balaban J connectivity index is 1.62. The maximum absolute atomic E-state index is 14.7. The van der Waals surface area contributed by atoms with Crippen molar-refractivity contribution in [2.45, 2.75) is 18.4 Å². The van der Waals surface area contributed by atoms with Crippen LogP contribution >= 0.6 is 0 Å². The third-order valence-electron chi connectivity index (χ3n) is 5.55. The monoisotopic (exact) mass is 450 g/mol. The summed E-state index contributed by atoms with van der Waals surface area (Å²) < 4.78 is 72.4. The molecule has 32 heavy (non-hydrogen) atoms. The molecule has 0 saturated carbocycles. The Morgan fingerprint density at radius 3 is 2.53 bits per heavy atom. The van der Waals surface area contributed by atoms with Gasteiger partial charge < -0.3 is 10.6 Å². The Bertz CT molecular complexity index is 1180. The smallest absolute Gasteiger partial charge is 0.257 e. The lowest BCUT2D eigenvalue weighted by Gasteiger charge is -2.33. The SMILES string of the molecule is Cn1ccc(-c2cc(F)c(C(=O)N[C@@H]3CNCC[C@H]3c3ccc(F)c(F)c3)c(F)c2F)n1. The first-order valence-electron chi connectivity index (χ1n) is 9.90. The van der Waals surface area contributed by atoms with E-state index in [2.05, 4.69) is 15.7 Å². The zero-order valence-corrected chi connectivity index (χ0v) is 16.9. The van der Waals surface area contributed by atoms with Crippen LogP contribution in [0.15, 0.2) is 36.5 Å². The molecule has 168 valence electrons. The second kappa shape index (κ2) is 8.70. The number of halogens is 5. The number of hydrogen-bond donors (Lipinski definition) is 2. The Hall–Kier alpha value is -3.27. The van der Waals surface area contributed by atoms with Gasteiger partial charge >= 0.3 is 0 Å². The van der Waals surface area contributed by atoms with Gasteiger partial charge in [0.05, 0.1) is 5.69 Å². The number of carbonyl (C=O) groups excluding carboxylic acids is 1. The van der Waals surface area contributed by atoms with Crippen LogP contribution in [-0.4, -0.2) is 34.8 Å². The van der Waals surface area contributed by atoms with E-state index >= 15 is 0 Å². The zero-order valence-electron chi connectivity index (χ0n) is 16.9. The third kappa shape index (κ3) is 4.10. The van der Waals surface area contributed by atoms with Gasteiger partial charge in [-0.05, 0) is 42.8 Å². The summed E-state index contributed by atoms with van der Waals surface area (Å²) in [5.74, 6) is -7.88. The average molecular weight is 450 g/mol. The van der Waals surface area contributed by atoms with Gasteiger partial charge in [0.15, 0.2) is 23.3 Å². The molecule has 1 aliphatic rings. The molecule has 0 aliphatic carbocycles. The fourth-order valence-electron chi connectivity index (χ4n) is 3.94. The molecule has 1 aliphatic heterocycles. The van der Waals surface area contributed by atoms with Crippen molar-refractivity contribution >= 4 is 5.91 Å². The summed E-state index contributed by atoms with van der Waals surface area (Å²) in [4.78, 5) is 12.7. The maximum Gasteiger partial charge on any atom is 0.257 e. The molecular formula is C22H19F5N4O. The van der Waals surface area contributed by atoms with E-state index in [0.717, 1.165) is 18.2 Å². The molecule has 1 aromatic heterocycles. The predicted molar refractivity (Wildman–Crippen MR) is 106 cm³/mol. The molecule has 2 aromatic carbocycles. The molecule has 0 spiro atoms. The number of nitrogens with zero attached hydrogens (tertiary/aromatic N) is 2. The van der Waals surface area contributed by atoms with Gasteiger partial charge in [0.25, 0.3) is 5.91 Å². The van der Waals surface area contributed by atoms with E-state index in [1.54, 1.807) is 7.05 Å². The number of amides is 1. The number of rotatable bonds is 4. The van der Waals surface area contributed by atoms with Crippen molar-refractivity contribution in [3.63, 3.8) is 0 Å². The van der Waals surface area contributed by atoms with Gasteiger partial charge in [-0.2, -0.15) is 5.10 Å². The number of piperidine rings is 1. The number of carbonyl (C=O) groups is 1. The minimum atomic E-state index is -1.63. The van der Waals surface area contributed by atoms with Crippen LogP contribution in [0.2, 0.25) is 0 Å². The average Bonchev–Trinajstić information content (AvgIpc) is 3.19. The van der Waals surface area contributed by atoms with Crippen LogP contribution in [0, 0.1) is 29.1 Å². The van der Waals surface area contributed by atoms with Crippen molar-refractivity contribution in [3.05, 3.63) is 76.7 Å². The fourth-order valence-corrected chi connectivity index (χ4v) is 3.94. The molecule has 10 heteroatoms. The number of benzene rings is 2. The Labute approximate surface area is 180 Å². The first-order chi connectivity index (χ1) is 15.3. The summed E-state index contributed by atoms with van der Waals surface area (Å²) in [5.41, 5.74) is -1.01. The lowest BCUT2D eigenvalue weighted by Crippen LogP contribution is -2.50. The summed E-state index contributed by atoms with van der Waals surface area (Å²) in [7, 11) is 1.57. The van der Waals surface area contributed by atoms with Crippen molar-refractivity contribution in [3.8, 4) is 11.3 Å². The van der Waals surface area contributed by atoms with Gasteiger partial charge in [-0.3, -0.25) is 9.48 Å². The van der Waals surface area contributed by atoms with E-state index in [4.69, 9.17) is 0 Å². The van der Waals surface area contributed by atoms with E-state index < -0.39 is 58.1 Å². The van der Waals surface area contributed by atoms with E-state index in [1.165, 1.54) is 23.0 Å². The summed E-state index contributed by atoms with van der Waals surface area (Å²) in [6.45, 7) is 0.777. The highest BCUT2D eigenvalue weighted by molar-refractivity contribution is 5.95. The van der Waals surface area contributed by atoms with Crippen molar-refractivity contribution in [2.24, 2.45) is 7.05 Å². The highest BCUT2D eigenvalue weighted by Gasteiger charge is 2.32. The second-order valence-electron chi connectivity index (χ2n) is 7.64. The third-order valence-corrected chi connectivity index (χ3v) is 5.55. The van der Waals surface area contributed by atoms with Crippen molar-refractivity contribution < 1.29 is 26.7 Å². The zero-order chi connectivity index (χ0) is 23.0. The summed E-state index contributed by atoms with van der Waals surface area (Å²) in [6.07, 6.45) is 1.95. The standard InChI is InChI=1S/C22H19F5N4O/c1-31-7-5-17(30-31)13-9-16(25)19(21(27)20(13)26)22(32)29-18-10-28-6-4-12(18)11-2-3-14(23)15(24)8-11/h2-3,5,7-9,12,18,28H,4,6,10H2,1H3,(H,29,32)/t12-,18+/m0/s1. The quantitative estimate of drug-likeness (QED) is 0.471. The van der Waals surface area contributed by atoms with Crippen LogP contribution in [0.5, 0.6) is 0 Å². The number of aryl methyl sites for hydroxylation is 1. The fraction of sp³-hybridized carbons (Fsp3) is 0.273. The van der Waals surface area contributed by atoms with Crippen LogP contribution in [0.3, 0.4) is 0 Å². The lowest BCUT2D eigenvalue weighted by molar-refractivity contribution is 0.0914. The molecule has 1 fully saturated rings. The van der Waals surface area contributed by atoms with Crippen LogP contribution < -0.4 is 10.6 Å². The molecule has 2 atom stereocenters. The minimum Gasteiger partial charge on any atom is -0.347 e. The molecule has 1 amide bonds. The molecule has 0 radical (unpaired) electrons. The topological polar surface area (TPSA) is 59.0 Å². The van der Waals surface area contributed by atoms with E-state index in [9.17, 15) is 26.7 Å². The van der Waals surface area contributed by atoms with E-state index in [1.807, 2.05) is 0 Å². The molecule has 3 aromatic rings. The Morgan fingerprint density at radius 1 is 1.06 bits per heavy atom. The number of nitrogens with one attached hydrogen (secondary N) is 2. The largest absolute Gasteiger partial charge is 0.347 e. The van der Waals surface area contributed by atoms with Crippen molar-refractivity contribution in [1.29, 1.82) is 0 Å². The van der Waals surface area contributed by atoms with Gasteiger partial charge in [0.2, 0.25) is 0 Å². The summed E-state index contributed by atoms with van der Waals surface area (Å²) >= 11 is 0. The molecular weight excluding hydrogens is 431 g/mol. The van der Waals surface area contributed by atoms with Gasteiger partial charge in [0, 0.05) is 37.3 Å². The van der Waals surface area contributed by atoms with Gasteiger partial charge in [0.1, 0.15) is 11.4 Å².